The van der Waals surface area contributed by atoms with Gasteiger partial charge in [-0.3, -0.25) is 5.32 Å². The van der Waals surface area contributed by atoms with Crippen LogP contribution < -0.4 is 5.32 Å². The van der Waals surface area contributed by atoms with E-state index in [1.807, 2.05) is 39.5 Å². The summed E-state index contributed by atoms with van der Waals surface area (Å²) in [5.41, 5.74) is -0.433. The summed E-state index contributed by atoms with van der Waals surface area (Å²) >= 11 is 0. The molecule has 0 aromatic carbocycles. The standard InChI is InChI=1S/C10H13N2/c1-10(2,8-11)12-7-9-5-3-4-6-9/h3-6,12H,7H2,1-2H3. The van der Waals surface area contributed by atoms with Gasteiger partial charge < -0.3 is 0 Å². The first-order chi connectivity index (χ1) is 5.64. The van der Waals surface area contributed by atoms with E-state index >= 15 is 0 Å². The van der Waals surface area contributed by atoms with Gasteiger partial charge in [-0.2, -0.15) is 5.26 Å². The van der Waals surface area contributed by atoms with Gasteiger partial charge in [0.2, 0.25) is 0 Å². The van der Waals surface area contributed by atoms with E-state index in [2.05, 4.69) is 11.4 Å². The van der Waals surface area contributed by atoms with Gasteiger partial charge in [0, 0.05) is 6.54 Å². The molecule has 0 saturated heterocycles. The number of hydrogen-bond acceptors (Lipinski definition) is 2. The summed E-state index contributed by atoms with van der Waals surface area (Å²) < 4.78 is 0. The molecule has 0 aromatic heterocycles. The second-order valence-electron chi connectivity index (χ2n) is 3.38. The van der Waals surface area contributed by atoms with Gasteiger partial charge in [-0.25, -0.2) is 0 Å². The fourth-order valence-corrected chi connectivity index (χ4v) is 0.894. The summed E-state index contributed by atoms with van der Waals surface area (Å²) in [5.74, 6) is 1.22. The van der Waals surface area contributed by atoms with Crippen LogP contribution in [0.3, 0.4) is 0 Å². The van der Waals surface area contributed by atoms with Gasteiger partial charge in [0.25, 0.3) is 0 Å². The van der Waals surface area contributed by atoms with Crippen molar-refractivity contribution in [2.45, 2.75) is 19.4 Å². The monoisotopic (exact) mass is 161 g/mol. The Kier molecular flexibility index (Phi) is 3.11. The Morgan fingerprint density at radius 2 is 2.00 bits per heavy atom. The first-order valence-corrected chi connectivity index (χ1v) is 4.01. The number of nitrogens with one attached hydrogen (secondary N) is 1. The van der Waals surface area contributed by atoms with Crippen LogP contribution in [0, 0.1) is 42.9 Å². The molecule has 1 rings (SSSR count). The van der Waals surface area contributed by atoms with E-state index < -0.39 is 5.54 Å². The van der Waals surface area contributed by atoms with Crippen molar-refractivity contribution in [1.82, 2.24) is 5.32 Å². The lowest BCUT2D eigenvalue weighted by Crippen LogP contribution is -2.39. The highest BCUT2D eigenvalue weighted by Gasteiger charge is 2.21. The molecule has 0 spiro atoms. The van der Waals surface area contributed by atoms with Gasteiger partial charge in [0.1, 0.15) is 5.54 Å². The van der Waals surface area contributed by atoms with E-state index in [-0.39, 0.29) is 0 Å². The first-order valence-electron chi connectivity index (χ1n) is 4.01. The Morgan fingerprint density at radius 3 is 2.50 bits per heavy atom. The van der Waals surface area contributed by atoms with E-state index in [0.29, 0.717) is 0 Å². The van der Waals surface area contributed by atoms with Crippen molar-refractivity contribution in [3.8, 4) is 6.07 Å². The number of hydrogen-bond donors (Lipinski definition) is 1. The van der Waals surface area contributed by atoms with Crippen molar-refractivity contribution < 1.29 is 0 Å². The molecule has 1 aliphatic carbocycles. The number of rotatable bonds is 3. The van der Waals surface area contributed by atoms with Crippen LogP contribution in [0.1, 0.15) is 13.8 Å². The third-order valence-corrected chi connectivity index (χ3v) is 1.75. The molecule has 1 saturated carbocycles. The van der Waals surface area contributed by atoms with Crippen LogP contribution in [-0.4, -0.2) is 12.1 Å². The Labute approximate surface area is 75.0 Å². The molecule has 1 aliphatic rings. The number of nitriles is 1. The molecular weight excluding hydrogens is 148 g/mol. The molecule has 2 nitrogen and oxygen atoms in total. The predicted octanol–water partition coefficient (Wildman–Crippen LogP) is 1.28. The lowest BCUT2D eigenvalue weighted by molar-refractivity contribution is 0.501. The minimum absolute atomic E-state index is 0.433. The second kappa shape index (κ2) is 3.91. The van der Waals surface area contributed by atoms with Crippen LogP contribution in [0.4, 0.5) is 0 Å². The molecule has 12 heavy (non-hydrogen) atoms. The number of nitrogens with zero attached hydrogens (tertiary/aromatic N) is 1. The van der Waals surface area contributed by atoms with Crippen molar-refractivity contribution in [2.24, 2.45) is 0 Å². The molecule has 1 fully saturated rings. The molecule has 0 amide bonds. The largest absolute Gasteiger partial charge is 0.299 e. The lowest BCUT2D eigenvalue weighted by Gasteiger charge is -2.19. The summed E-state index contributed by atoms with van der Waals surface area (Å²) in [6.07, 6.45) is 8.08. The Morgan fingerprint density at radius 1 is 1.42 bits per heavy atom. The van der Waals surface area contributed by atoms with Gasteiger partial charge in [-0.15, -0.1) is 0 Å². The fraction of sp³-hybridized carbons (Fsp3) is 0.400. The van der Waals surface area contributed by atoms with E-state index in [4.69, 9.17) is 5.26 Å². The zero-order valence-electron chi connectivity index (χ0n) is 7.46. The summed E-state index contributed by atoms with van der Waals surface area (Å²) in [6.45, 7) is 4.50. The van der Waals surface area contributed by atoms with Gasteiger partial charge >= 0.3 is 0 Å². The Balaban J connectivity index is 2.21. The smallest absolute Gasteiger partial charge is 0.101 e. The maximum absolute atomic E-state index is 8.71. The molecular formula is C10H13N2. The molecule has 63 valence electrons. The van der Waals surface area contributed by atoms with Gasteiger partial charge in [-0.1, -0.05) is 0 Å². The fourth-order valence-electron chi connectivity index (χ4n) is 0.894. The molecule has 0 bridgehead atoms. The maximum atomic E-state index is 8.71. The van der Waals surface area contributed by atoms with Gasteiger partial charge in [-0.05, 0) is 45.4 Å². The van der Waals surface area contributed by atoms with Crippen molar-refractivity contribution in [3.05, 3.63) is 31.6 Å². The summed E-state index contributed by atoms with van der Waals surface area (Å²) in [5, 5.41) is 11.9. The van der Waals surface area contributed by atoms with Crippen LogP contribution in [0.15, 0.2) is 0 Å². The molecule has 2 heteroatoms. The summed E-state index contributed by atoms with van der Waals surface area (Å²) in [6, 6.07) is 2.19. The highest BCUT2D eigenvalue weighted by Crippen LogP contribution is 2.22. The van der Waals surface area contributed by atoms with Crippen LogP contribution in [0.2, 0.25) is 0 Å². The quantitative estimate of drug-likeness (QED) is 0.677. The molecule has 0 unspecified atom stereocenters. The zero-order valence-corrected chi connectivity index (χ0v) is 7.46. The highest BCUT2D eigenvalue weighted by atomic mass is 15.0. The van der Waals surface area contributed by atoms with Crippen molar-refractivity contribution in [3.63, 3.8) is 0 Å². The lowest BCUT2D eigenvalue weighted by atomic mass is 10.0. The van der Waals surface area contributed by atoms with Crippen LogP contribution in [0.5, 0.6) is 0 Å². The van der Waals surface area contributed by atoms with E-state index in [1.54, 1.807) is 0 Å². The van der Waals surface area contributed by atoms with Crippen LogP contribution in [-0.2, 0) is 0 Å². The average Bonchev–Trinajstić information content (AvgIpc) is 2.53. The van der Waals surface area contributed by atoms with Crippen LogP contribution in [0.25, 0.3) is 0 Å². The minimum Gasteiger partial charge on any atom is -0.299 e. The SMILES string of the molecule is CC(C)(C#N)NC[C]1[CH][CH][CH][CH]1. The summed E-state index contributed by atoms with van der Waals surface area (Å²) in [4.78, 5) is 0. The minimum atomic E-state index is -0.433. The third-order valence-electron chi connectivity index (χ3n) is 1.75. The zero-order chi connectivity index (χ0) is 9.03. The van der Waals surface area contributed by atoms with Crippen molar-refractivity contribution in [1.29, 1.82) is 5.26 Å². The molecule has 0 aromatic rings. The van der Waals surface area contributed by atoms with Crippen molar-refractivity contribution >= 4 is 0 Å². The van der Waals surface area contributed by atoms with Crippen LogP contribution >= 0.6 is 0 Å². The Hall–Kier alpha value is -0.550. The topological polar surface area (TPSA) is 35.8 Å². The van der Waals surface area contributed by atoms with E-state index in [0.717, 1.165) is 6.54 Å². The average molecular weight is 161 g/mol. The van der Waals surface area contributed by atoms with Gasteiger partial charge in [0.15, 0.2) is 0 Å². The molecule has 0 aliphatic heterocycles. The van der Waals surface area contributed by atoms with Crippen molar-refractivity contribution in [2.75, 3.05) is 6.54 Å². The van der Waals surface area contributed by atoms with E-state index in [1.165, 1.54) is 5.92 Å². The molecule has 5 radical (unpaired) electrons. The maximum Gasteiger partial charge on any atom is 0.101 e. The normalized spacial score (nSPS) is 19.4. The third kappa shape index (κ3) is 2.83. The molecule has 0 atom stereocenters. The second-order valence-corrected chi connectivity index (χ2v) is 3.38. The highest BCUT2D eigenvalue weighted by molar-refractivity contribution is 5.36. The predicted molar refractivity (Wildman–Crippen MR) is 48.1 cm³/mol. The Bertz CT molecular complexity index is 173. The molecule has 0 heterocycles. The first kappa shape index (κ1) is 9.54. The van der Waals surface area contributed by atoms with Gasteiger partial charge in [0.05, 0.1) is 6.07 Å². The molecule has 1 N–H and O–H groups in total. The van der Waals surface area contributed by atoms with E-state index in [9.17, 15) is 0 Å². The summed E-state index contributed by atoms with van der Waals surface area (Å²) in [7, 11) is 0.